The van der Waals surface area contributed by atoms with Crippen LogP contribution in [0.5, 0.6) is 0 Å². The Morgan fingerprint density at radius 2 is 1.62 bits per heavy atom. The summed E-state index contributed by atoms with van der Waals surface area (Å²) in [5, 5.41) is 3.12. The molecule has 2 aliphatic rings. The van der Waals surface area contributed by atoms with Crippen LogP contribution in [0.15, 0.2) is 6.07 Å². The van der Waals surface area contributed by atoms with Crippen molar-refractivity contribution in [3.63, 3.8) is 0 Å². The molecule has 0 radical (unpaired) electrons. The van der Waals surface area contributed by atoms with Gasteiger partial charge in [0.2, 0.25) is 0 Å². The van der Waals surface area contributed by atoms with E-state index in [1.54, 1.807) is 0 Å². The van der Waals surface area contributed by atoms with E-state index in [0.717, 1.165) is 29.8 Å². The molecule has 3 rings (SSSR count). The molecule has 2 heterocycles. The lowest BCUT2D eigenvalue weighted by atomic mass is 10.2. The molecule has 132 valence electrons. The van der Waals surface area contributed by atoms with Crippen molar-refractivity contribution >= 4 is 11.9 Å². The zero-order chi connectivity index (χ0) is 17.3. The highest BCUT2D eigenvalue weighted by molar-refractivity contribution is 5.96. The maximum absolute atomic E-state index is 12.7. The van der Waals surface area contributed by atoms with Gasteiger partial charge in [0.15, 0.2) is 0 Å². The van der Waals surface area contributed by atoms with Gasteiger partial charge in [0.25, 0.3) is 5.91 Å². The van der Waals surface area contributed by atoms with E-state index < -0.39 is 0 Å². The standard InChI is InChI=1S/C18H28N4O2/c1-13-12-16(14(2)20(13)3)17(23)21-8-10-22(11-9-21)18(24)19-15-6-4-5-7-15/h12,15H,4-11H2,1-3H3,(H,19,24). The first-order chi connectivity index (χ1) is 11.5. The average Bonchev–Trinajstić information content (AvgIpc) is 3.18. The van der Waals surface area contributed by atoms with Gasteiger partial charge in [0.1, 0.15) is 0 Å². The van der Waals surface area contributed by atoms with Crippen molar-refractivity contribution in [1.82, 2.24) is 19.7 Å². The summed E-state index contributed by atoms with van der Waals surface area (Å²) in [6, 6.07) is 2.32. The summed E-state index contributed by atoms with van der Waals surface area (Å²) < 4.78 is 2.04. The number of aromatic nitrogens is 1. The second kappa shape index (κ2) is 6.87. The zero-order valence-corrected chi connectivity index (χ0v) is 15.0. The third-order valence-corrected chi connectivity index (χ3v) is 5.54. The summed E-state index contributed by atoms with van der Waals surface area (Å²) in [5.74, 6) is 0.0760. The quantitative estimate of drug-likeness (QED) is 0.901. The van der Waals surface area contributed by atoms with Gasteiger partial charge in [-0.05, 0) is 32.8 Å². The molecular weight excluding hydrogens is 304 g/mol. The van der Waals surface area contributed by atoms with E-state index in [4.69, 9.17) is 0 Å². The molecule has 24 heavy (non-hydrogen) atoms. The van der Waals surface area contributed by atoms with Gasteiger partial charge in [0.05, 0.1) is 5.56 Å². The summed E-state index contributed by atoms with van der Waals surface area (Å²) in [7, 11) is 1.98. The van der Waals surface area contributed by atoms with Crippen LogP contribution in [0.1, 0.15) is 47.4 Å². The number of aryl methyl sites for hydroxylation is 1. The Kier molecular flexibility index (Phi) is 4.83. The third kappa shape index (κ3) is 3.28. The molecule has 1 aliphatic heterocycles. The fourth-order valence-electron chi connectivity index (χ4n) is 3.69. The van der Waals surface area contributed by atoms with Crippen molar-refractivity contribution in [2.24, 2.45) is 7.05 Å². The van der Waals surface area contributed by atoms with Crippen LogP contribution < -0.4 is 5.32 Å². The largest absolute Gasteiger partial charge is 0.351 e. The van der Waals surface area contributed by atoms with Crippen molar-refractivity contribution in [1.29, 1.82) is 0 Å². The molecule has 0 spiro atoms. The lowest BCUT2D eigenvalue weighted by molar-refractivity contribution is 0.0662. The Labute approximate surface area is 143 Å². The molecule has 0 aromatic carbocycles. The van der Waals surface area contributed by atoms with E-state index in [9.17, 15) is 9.59 Å². The molecule has 0 unspecified atom stereocenters. The van der Waals surface area contributed by atoms with Crippen LogP contribution in [0.3, 0.4) is 0 Å². The van der Waals surface area contributed by atoms with Crippen molar-refractivity contribution in [2.45, 2.75) is 45.6 Å². The normalized spacial score (nSPS) is 19.0. The molecule has 1 aliphatic carbocycles. The molecule has 1 aromatic heterocycles. The van der Waals surface area contributed by atoms with Crippen molar-refractivity contribution < 1.29 is 9.59 Å². The summed E-state index contributed by atoms with van der Waals surface area (Å²) in [6.07, 6.45) is 4.61. The molecule has 1 saturated carbocycles. The van der Waals surface area contributed by atoms with Gasteiger partial charge in [-0.1, -0.05) is 12.8 Å². The van der Waals surface area contributed by atoms with Crippen LogP contribution in [-0.4, -0.2) is 58.5 Å². The molecule has 6 nitrogen and oxygen atoms in total. The molecule has 3 amide bonds. The monoisotopic (exact) mass is 332 g/mol. The van der Waals surface area contributed by atoms with Gasteiger partial charge < -0.3 is 19.7 Å². The number of carbonyl (C=O) groups is 2. The first-order valence-electron chi connectivity index (χ1n) is 8.95. The highest BCUT2D eigenvalue weighted by Crippen LogP contribution is 2.19. The van der Waals surface area contributed by atoms with Gasteiger partial charge in [-0.15, -0.1) is 0 Å². The van der Waals surface area contributed by atoms with Crippen LogP contribution in [0.25, 0.3) is 0 Å². The smallest absolute Gasteiger partial charge is 0.317 e. The molecule has 2 fully saturated rings. The number of urea groups is 1. The Morgan fingerprint density at radius 3 is 2.17 bits per heavy atom. The second-order valence-corrected chi connectivity index (χ2v) is 7.05. The van der Waals surface area contributed by atoms with E-state index >= 15 is 0 Å². The fourth-order valence-corrected chi connectivity index (χ4v) is 3.69. The lowest BCUT2D eigenvalue weighted by Crippen LogP contribution is -2.54. The number of rotatable bonds is 2. The number of hydrogen-bond donors (Lipinski definition) is 1. The first-order valence-corrected chi connectivity index (χ1v) is 8.95. The number of nitrogens with zero attached hydrogens (tertiary/aromatic N) is 3. The van der Waals surface area contributed by atoms with Crippen LogP contribution >= 0.6 is 0 Å². The number of carbonyl (C=O) groups excluding carboxylic acids is 2. The molecule has 1 N–H and O–H groups in total. The van der Waals surface area contributed by atoms with E-state index in [1.165, 1.54) is 12.8 Å². The van der Waals surface area contributed by atoms with Gasteiger partial charge in [-0.2, -0.15) is 0 Å². The molecule has 1 saturated heterocycles. The predicted octanol–water partition coefficient (Wildman–Crippen LogP) is 2.05. The van der Waals surface area contributed by atoms with Crippen molar-refractivity contribution in [3.05, 3.63) is 23.0 Å². The molecule has 0 atom stereocenters. The van der Waals surface area contributed by atoms with Crippen molar-refractivity contribution in [3.8, 4) is 0 Å². The van der Waals surface area contributed by atoms with Gasteiger partial charge in [-0.3, -0.25) is 4.79 Å². The van der Waals surface area contributed by atoms with Crippen LogP contribution in [0, 0.1) is 13.8 Å². The Balaban J connectivity index is 1.55. The number of amides is 3. The lowest BCUT2D eigenvalue weighted by Gasteiger charge is -2.35. The maximum Gasteiger partial charge on any atom is 0.317 e. The molecular formula is C18H28N4O2. The minimum Gasteiger partial charge on any atom is -0.351 e. The summed E-state index contributed by atoms with van der Waals surface area (Å²) in [6.45, 7) is 6.40. The van der Waals surface area contributed by atoms with Crippen LogP contribution in [0.4, 0.5) is 4.79 Å². The average molecular weight is 332 g/mol. The number of piperazine rings is 1. The SMILES string of the molecule is Cc1cc(C(=O)N2CCN(C(=O)NC3CCCC3)CC2)c(C)n1C. The molecule has 0 bridgehead atoms. The van der Waals surface area contributed by atoms with Gasteiger partial charge in [0, 0.05) is 50.7 Å². The minimum atomic E-state index is 0.0285. The minimum absolute atomic E-state index is 0.0285. The topological polar surface area (TPSA) is 57.6 Å². The Hall–Kier alpha value is -1.98. The molecule has 1 aromatic rings. The van der Waals surface area contributed by atoms with Crippen molar-refractivity contribution in [2.75, 3.05) is 26.2 Å². The Morgan fingerprint density at radius 1 is 1.04 bits per heavy atom. The van der Waals surface area contributed by atoms with Crippen LogP contribution in [0.2, 0.25) is 0 Å². The van der Waals surface area contributed by atoms with Gasteiger partial charge in [-0.25, -0.2) is 4.79 Å². The maximum atomic E-state index is 12.7. The van der Waals surface area contributed by atoms with E-state index in [2.05, 4.69) is 5.32 Å². The highest BCUT2D eigenvalue weighted by atomic mass is 16.2. The fraction of sp³-hybridized carbons (Fsp3) is 0.667. The summed E-state index contributed by atoms with van der Waals surface area (Å²) in [5.41, 5.74) is 2.86. The predicted molar refractivity (Wildman–Crippen MR) is 93.2 cm³/mol. The number of nitrogens with one attached hydrogen (secondary N) is 1. The third-order valence-electron chi connectivity index (χ3n) is 5.54. The van der Waals surface area contributed by atoms with Crippen LogP contribution in [-0.2, 0) is 7.05 Å². The van der Waals surface area contributed by atoms with E-state index in [1.807, 2.05) is 41.3 Å². The zero-order valence-electron chi connectivity index (χ0n) is 15.0. The first kappa shape index (κ1) is 16.9. The van der Waals surface area contributed by atoms with E-state index in [-0.39, 0.29) is 11.9 Å². The summed E-state index contributed by atoms with van der Waals surface area (Å²) >= 11 is 0. The molecule has 6 heteroatoms. The highest BCUT2D eigenvalue weighted by Gasteiger charge is 2.28. The summed E-state index contributed by atoms with van der Waals surface area (Å²) in [4.78, 5) is 28.7. The number of hydrogen-bond acceptors (Lipinski definition) is 2. The second-order valence-electron chi connectivity index (χ2n) is 7.05. The van der Waals surface area contributed by atoms with Gasteiger partial charge >= 0.3 is 6.03 Å². The Bertz CT molecular complexity index is 623. The van der Waals surface area contributed by atoms with E-state index in [0.29, 0.717) is 32.2 Å².